The molecular formula is C21H27N5O7S. The van der Waals surface area contributed by atoms with E-state index >= 15 is 0 Å². The summed E-state index contributed by atoms with van der Waals surface area (Å²) >= 11 is 1.10. The highest BCUT2D eigenvalue weighted by atomic mass is 32.2. The van der Waals surface area contributed by atoms with Crippen molar-refractivity contribution in [1.82, 2.24) is 14.9 Å². The van der Waals surface area contributed by atoms with E-state index in [0.29, 0.717) is 12.2 Å². The van der Waals surface area contributed by atoms with Crippen LogP contribution in [0, 0.1) is 16.0 Å². The number of benzene rings is 1. The van der Waals surface area contributed by atoms with E-state index in [2.05, 4.69) is 15.3 Å². The average molecular weight is 494 g/mol. The zero-order chi connectivity index (χ0) is 25.6. The van der Waals surface area contributed by atoms with Gasteiger partial charge in [0.25, 0.3) is 5.91 Å². The molecule has 13 heteroatoms. The minimum Gasteiger partial charge on any atom is -0.497 e. The van der Waals surface area contributed by atoms with E-state index in [1.165, 1.54) is 30.2 Å². The lowest BCUT2D eigenvalue weighted by Crippen LogP contribution is -2.36. The fourth-order valence-corrected chi connectivity index (χ4v) is 3.27. The van der Waals surface area contributed by atoms with Crippen molar-refractivity contribution in [1.29, 1.82) is 0 Å². The van der Waals surface area contributed by atoms with Gasteiger partial charge < -0.3 is 24.8 Å². The minimum atomic E-state index is -1.17. The Hall–Kier alpha value is -3.61. The number of anilines is 1. The number of aromatic nitrogens is 2. The zero-order valence-corrected chi connectivity index (χ0v) is 20.5. The SMILES string of the molecule is CCC(C)C(Nc1nc(SC)nc(Oc2cc(OC)cc(C(=O)N(C)C)c2)c1[N+](=O)[O-])C(=O)O. The third kappa shape index (κ3) is 6.25. The number of hydrogen-bond acceptors (Lipinski definition) is 10. The average Bonchev–Trinajstić information content (AvgIpc) is 2.80. The van der Waals surface area contributed by atoms with Gasteiger partial charge in [0.1, 0.15) is 17.5 Å². The standard InChI is InChI=1S/C21H27N5O7S/c1-7-11(2)15(20(28)29)22-17-16(26(30)31)18(24-21(23-17)34-6)33-14-9-12(19(27)25(3)4)8-13(10-14)32-5/h8-11,15H,7H2,1-6H3,(H,28,29)(H,22,23,24). The number of nitrogens with zero attached hydrogens (tertiary/aromatic N) is 4. The minimum absolute atomic E-state index is 0.0704. The van der Waals surface area contributed by atoms with Gasteiger partial charge in [-0.1, -0.05) is 32.0 Å². The molecule has 34 heavy (non-hydrogen) atoms. The van der Waals surface area contributed by atoms with Crippen molar-refractivity contribution in [2.75, 3.05) is 32.8 Å². The summed E-state index contributed by atoms with van der Waals surface area (Å²) in [6, 6.07) is 3.24. The largest absolute Gasteiger partial charge is 0.497 e. The first-order valence-corrected chi connectivity index (χ1v) is 11.4. The predicted molar refractivity (Wildman–Crippen MR) is 126 cm³/mol. The Labute approximate surface area is 200 Å². The highest BCUT2D eigenvalue weighted by Gasteiger charge is 2.32. The molecule has 0 saturated heterocycles. The molecule has 1 aromatic heterocycles. The topological polar surface area (TPSA) is 157 Å². The van der Waals surface area contributed by atoms with Crippen molar-refractivity contribution in [3.05, 3.63) is 33.9 Å². The van der Waals surface area contributed by atoms with Crippen LogP contribution in [0.15, 0.2) is 23.4 Å². The lowest BCUT2D eigenvalue weighted by atomic mass is 9.99. The van der Waals surface area contributed by atoms with Gasteiger partial charge in [-0.25, -0.2) is 4.79 Å². The number of carbonyl (C=O) groups is 2. The van der Waals surface area contributed by atoms with Gasteiger partial charge in [0.15, 0.2) is 5.16 Å². The molecule has 1 heterocycles. The number of aliphatic carboxylic acids is 1. The Kier molecular flexibility index (Phi) is 9.01. The molecule has 0 saturated carbocycles. The maximum Gasteiger partial charge on any atom is 0.373 e. The summed E-state index contributed by atoms with van der Waals surface area (Å²) in [5, 5.41) is 24.4. The van der Waals surface area contributed by atoms with Gasteiger partial charge in [0, 0.05) is 25.7 Å². The number of rotatable bonds is 11. The number of hydrogen-bond donors (Lipinski definition) is 2. The summed E-state index contributed by atoms with van der Waals surface area (Å²) < 4.78 is 11.0. The molecule has 12 nitrogen and oxygen atoms in total. The maximum atomic E-state index is 12.4. The Morgan fingerprint density at radius 2 is 1.91 bits per heavy atom. The van der Waals surface area contributed by atoms with E-state index in [1.54, 1.807) is 27.3 Å². The predicted octanol–water partition coefficient (Wildman–Crippen LogP) is 3.52. The van der Waals surface area contributed by atoms with Crippen LogP contribution < -0.4 is 14.8 Å². The quantitative estimate of drug-likeness (QED) is 0.204. The normalized spacial score (nSPS) is 12.4. The van der Waals surface area contributed by atoms with E-state index < -0.39 is 28.5 Å². The molecule has 2 rings (SSSR count). The summed E-state index contributed by atoms with van der Waals surface area (Å²) in [6.45, 7) is 3.53. The summed E-state index contributed by atoms with van der Waals surface area (Å²) in [7, 11) is 4.57. The lowest BCUT2D eigenvalue weighted by Gasteiger charge is -2.21. The first-order valence-electron chi connectivity index (χ1n) is 10.2. The second kappa shape index (κ2) is 11.5. The van der Waals surface area contributed by atoms with Crippen LogP contribution in [0.1, 0.15) is 30.6 Å². The smallest absolute Gasteiger partial charge is 0.373 e. The zero-order valence-electron chi connectivity index (χ0n) is 19.7. The van der Waals surface area contributed by atoms with Crippen LogP contribution in [-0.2, 0) is 4.79 Å². The van der Waals surface area contributed by atoms with Crippen molar-refractivity contribution in [3.63, 3.8) is 0 Å². The highest BCUT2D eigenvalue weighted by molar-refractivity contribution is 7.98. The molecule has 0 spiro atoms. The molecule has 2 unspecified atom stereocenters. The second-order valence-electron chi connectivity index (χ2n) is 7.51. The number of ether oxygens (including phenoxy) is 2. The number of carboxylic acids is 1. The fourth-order valence-electron chi connectivity index (χ4n) is 2.91. The van der Waals surface area contributed by atoms with E-state index in [0.717, 1.165) is 11.8 Å². The molecular weight excluding hydrogens is 466 g/mol. The molecule has 2 N–H and O–H groups in total. The van der Waals surface area contributed by atoms with Crippen molar-refractivity contribution < 1.29 is 29.1 Å². The molecule has 0 aliphatic carbocycles. The summed E-state index contributed by atoms with van der Waals surface area (Å²) in [6.07, 6.45) is 2.19. The van der Waals surface area contributed by atoms with Crippen molar-refractivity contribution >= 4 is 35.1 Å². The van der Waals surface area contributed by atoms with E-state index in [1.807, 2.05) is 6.92 Å². The fraction of sp³-hybridized carbons (Fsp3) is 0.429. The number of methoxy groups -OCH3 is 1. The van der Waals surface area contributed by atoms with E-state index in [-0.39, 0.29) is 34.1 Å². The van der Waals surface area contributed by atoms with Crippen LogP contribution in [0.4, 0.5) is 11.5 Å². The van der Waals surface area contributed by atoms with Gasteiger partial charge >= 0.3 is 17.5 Å². The maximum absolute atomic E-state index is 12.4. The number of carbonyl (C=O) groups excluding carboxylic acids is 1. The van der Waals surface area contributed by atoms with Gasteiger partial charge in [0.2, 0.25) is 5.82 Å². The van der Waals surface area contributed by atoms with Crippen molar-refractivity contribution in [3.8, 4) is 17.4 Å². The molecule has 2 aromatic rings. The number of amides is 1. The monoisotopic (exact) mass is 493 g/mol. The van der Waals surface area contributed by atoms with Gasteiger partial charge in [0.05, 0.1) is 12.0 Å². The Morgan fingerprint density at radius 1 is 1.26 bits per heavy atom. The third-order valence-corrected chi connectivity index (χ3v) is 5.50. The van der Waals surface area contributed by atoms with Gasteiger partial charge in [-0.3, -0.25) is 14.9 Å². The summed E-state index contributed by atoms with van der Waals surface area (Å²) in [5.74, 6) is -2.16. The van der Waals surface area contributed by atoms with Gasteiger partial charge in [-0.2, -0.15) is 9.97 Å². The molecule has 184 valence electrons. The lowest BCUT2D eigenvalue weighted by molar-refractivity contribution is -0.385. The first kappa shape index (κ1) is 26.6. The number of nitro groups is 1. The molecule has 0 fully saturated rings. The van der Waals surface area contributed by atoms with Crippen LogP contribution in [0.3, 0.4) is 0 Å². The van der Waals surface area contributed by atoms with E-state index in [9.17, 15) is 24.8 Å². The molecule has 0 aliphatic rings. The summed E-state index contributed by atoms with van der Waals surface area (Å²) in [5.41, 5.74) is -0.391. The van der Waals surface area contributed by atoms with Crippen molar-refractivity contribution in [2.24, 2.45) is 5.92 Å². The number of carboxylic acid groups (broad SMARTS) is 1. The van der Waals surface area contributed by atoms with Crippen LogP contribution in [0.5, 0.6) is 17.4 Å². The van der Waals surface area contributed by atoms with Crippen LogP contribution >= 0.6 is 11.8 Å². The van der Waals surface area contributed by atoms with Crippen molar-refractivity contribution in [2.45, 2.75) is 31.5 Å². The second-order valence-corrected chi connectivity index (χ2v) is 8.29. The third-order valence-electron chi connectivity index (χ3n) is 4.95. The number of thioether (sulfide) groups is 1. The molecule has 0 aliphatic heterocycles. The molecule has 2 atom stereocenters. The van der Waals surface area contributed by atoms with Crippen LogP contribution in [0.2, 0.25) is 0 Å². The van der Waals surface area contributed by atoms with E-state index in [4.69, 9.17) is 9.47 Å². The molecule has 1 aromatic carbocycles. The van der Waals surface area contributed by atoms with Gasteiger partial charge in [-0.05, 0) is 24.3 Å². The molecule has 0 radical (unpaired) electrons. The first-order chi connectivity index (χ1) is 16.0. The Morgan fingerprint density at radius 3 is 2.41 bits per heavy atom. The van der Waals surface area contributed by atoms with Crippen LogP contribution in [-0.4, -0.2) is 70.3 Å². The summed E-state index contributed by atoms with van der Waals surface area (Å²) in [4.78, 5) is 45.1. The molecule has 1 amide bonds. The Bertz CT molecular complexity index is 1080. The highest BCUT2D eigenvalue weighted by Crippen LogP contribution is 2.38. The Balaban J connectivity index is 2.63. The number of nitrogens with one attached hydrogen (secondary N) is 1. The van der Waals surface area contributed by atoms with Gasteiger partial charge in [-0.15, -0.1) is 0 Å². The van der Waals surface area contributed by atoms with Crippen LogP contribution in [0.25, 0.3) is 0 Å². The molecule has 0 bridgehead atoms.